The van der Waals surface area contributed by atoms with Gasteiger partial charge in [-0.15, -0.1) is 0 Å². The summed E-state index contributed by atoms with van der Waals surface area (Å²) >= 11 is 1.58. The van der Waals surface area contributed by atoms with Gasteiger partial charge < -0.3 is 0 Å². The van der Waals surface area contributed by atoms with Gasteiger partial charge in [-0.25, -0.2) is 0 Å². The Hall–Kier alpha value is -1.28. The topological polar surface area (TPSA) is 12.4 Å². The van der Waals surface area contributed by atoms with Gasteiger partial charge in [-0.05, 0) is 34.8 Å². The molecule has 114 valence electrons. The molecule has 0 unspecified atom stereocenters. The molecule has 1 aromatic carbocycles. The molecule has 0 radical (unpaired) electrons. The molecule has 0 aliphatic heterocycles. The summed E-state index contributed by atoms with van der Waals surface area (Å²) in [6.45, 7) is 8.23. The zero-order chi connectivity index (χ0) is 15.5. The van der Waals surface area contributed by atoms with Gasteiger partial charge in [0.25, 0.3) is 0 Å². The van der Waals surface area contributed by atoms with Crippen LogP contribution in [0.1, 0.15) is 51.5 Å². The third-order valence-electron chi connectivity index (χ3n) is 3.31. The van der Waals surface area contributed by atoms with E-state index in [-0.39, 0.29) is 0 Å². The van der Waals surface area contributed by atoms with Crippen molar-refractivity contribution >= 4 is 29.0 Å². The molecule has 21 heavy (non-hydrogen) atoms. The molecule has 1 nitrogen and oxygen atoms in total. The maximum absolute atomic E-state index is 4.36. The Labute approximate surface area is 133 Å². The normalized spacial score (nSPS) is 13.8. The third kappa shape index (κ3) is 5.92. The average molecular weight is 301 g/mol. The summed E-state index contributed by atoms with van der Waals surface area (Å²) in [5, 5.41) is 5.54. The Balaban J connectivity index is 3.25. The van der Waals surface area contributed by atoms with Crippen molar-refractivity contribution in [3.8, 4) is 0 Å². The van der Waals surface area contributed by atoms with Gasteiger partial charge >= 0.3 is 0 Å². The predicted molar refractivity (Wildman–Crippen MR) is 99.3 cm³/mol. The minimum absolute atomic E-state index is 1.03. The van der Waals surface area contributed by atoms with Gasteiger partial charge in [0.1, 0.15) is 5.04 Å². The fraction of sp³-hybridized carbons (Fsp3) is 0.421. The lowest BCUT2D eigenvalue weighted by Crippen LogP contribution is -2.25. The smallest absolute Gasteiger partial charge is 0.101 e. The molecule has 0 saturated carbocycles. The van der Waals surface area contributed by atoms with Crippen LogP contribution in [0.3, 0.4) is 0 Å². The quantitative estimate of drug-likeness (QED) is 0.410. The molecular formula is C19H27NS. The molecular weight excluding hydrogens is 274 g/mol. The Morgan fingerprint density at radius 3 is 2.52 bits per heavy atom. The number of aliphatic imine (C=N–C) groups is 1. The fourth-order valence-electron chi connectivity index (χ4n) is 2.16. The molecule has 0 fully saturated rings. The van der Waals surface area contributed by atoms with E-state index < -0.39 is 0 Å². The lowest BCUT2D eigenvalue weighted by atomic mass is 10.1. The van der Waals surface area contributed by atoms with E-state index in [1.54, 1.807) is 11.8 Å². The Morgan fingerprint density at radius 2 is 1.90 bits per heavy atom. The molecule has 2 heteroatoms. The highest BCUT2D eigenvalue weighted by molar-refractivity contribution is 8.16. The summed E-state index contributed by atoms with van der Waals surface area (Å²) in [5.74, 6) is 0. The number of thioether (sulfide) groups is 1. The Bertz CT molecular complexity index is 584. The van der Waals surface area contributed by atoms with E-state index in [9.17, 15) is 0 Å². The molecule has 0 aromatic heterocycles. The predicted octanol–water partition coefficient (Wildman–Crippen LogP) is 4.49. The maximum atomic E-state index is 4.36. The Morgan fingerprint density at radius 1 is 1.14 bits per heavy atom. The molecule has 1 rings (SSSR count). The first-order valence-corrected chi connectivity index (χ1v) is 8.69. The number of hydrogen-bond acceptors (Lipinski definition) is 2. The lowest BCUT2D eigenvalue weighted by Gasteiger charge is -2.03. The standard InChI is InChI=1S/C19H27NS/c1-5-8-10-12-17-15-18(19(20-4)21-7-3)14-13-16(17)11-9-6-2/h7,11-15H,3,5-6,8-10H2,1-2,4H3/b16-11+,17-12-,20-19?. The van der Waals surface area contributed by atoms with Crippen molar-refractivity contribution < 1.29 is 0 Å². The van der Waals surface area contributed by atoms with E-state index in [2.05, 4.69) is 55.8 Å². The van der Waals surface area contributed by atoms with Crippen molar-refractivity contribution in [1.82, 2.24) is 0 Å². The number of hydrogen-bond donors (Lipinski definition) is 0. The molecule has 0 N–H and O–H groups in total. The van der Waals surface area contributed by atoms with E-state index in [0.29, 0.717) is 0 Å². The SMILES string of the molecule is C=CSC(=NC)c1ccc(=C\CCC)/c(=C\CCCC)c1. The van der Waals surface area contributed by atoms with Crippen molar-refractivity contribution in [3.63, 3.8) is 0 Å². The second kappa shape index (κ2) is 10.4. The van der Waals surface area contributed by atoms with Gasteiger partial charge in [-0.2, -0.15) is 0 Å². The van der Waals surface area contributed by atoms with Crippen LogP contribution in [-0.2, 0) is 0 Å². The highest BCUT2D eigenvalue weighted by atomic mass is 32.2. The first-order chi connectivity index (χ1) is 10.3. The van der Waals surface area contributed by atoms with Gasteiger partial charge in [-0.3, -0.25) is 4.99 Å². The van der Waals surface area contributed by atoms with Crippen LogP contribution in [0.15, 0.2) is 35.2 Å². The van der Waals surface area contributed by atoms with E-state index in [4.69, 9.17) is 0 Å². The molecule has 0 atom stereocenters. The summed E-state index contributed by atoms with van der Waals surface area (Å²) in [4.78, 5) is 4.36. The fourth-order valence-corrected chi connectivity index (χ4v) is 2.69. The summed E-state index contributed by atoms with van der Waals surface area (Å²) in [6, 6.07) is 6.64. The summed E-state index contributed by atoms with van der Waals surface area (Å²) < 4.78 is 0. The molecule has 0 saturated heterocycles. The minimum Gasteiger partial charge on any atom is -0.281 e. The second-order valence-electron chi connectivity index (χ2n) is 5.00. The zero-order valence-electron chi connectivity index (χ0n) is 13.6. The zero-order valence-corrected chi connectivity index (χ0v) is 14.4. The monoisotopic (exact) mass is 301 g/mol. The largest absolute Gasteiger partial charge is 0.281 e. The van der Waals surface area contributed by atoms with Crippen molar-refractivity contribution in [2.45, 2.75) is 46.0 Å². The molecule has 0 aliphatic rings. The number of nitrogens with zero attached hydrogens (tertiary/aromatic N) is 1. The first-order valence-electron chi connectivity index (χ1n) is 7.81. The van der Waals surface area contributed by atoms with Crippen molar-refractivity contribution in [2.75, 3.05) is 7.05 Å². The number of unbranched alkanes of at least 4 members (excludes halogenated alkanes) is 3. The van der Waals surface area contributed by atoms with Crippen LogP contribution in [0.5, 0.6) is 0 Å². The van der Waals surface area contributed by atoms with Crippen LogP contribution in [0.25, 0.3) is 12.2 Å². The van der Waals surface area contributed by atoms with E-state index in [1.807, 2.05) is 12.5 Å². The van der Waals surface area contributed by atoms with Crippen LogP contribution >= 0.6 is 11.8 Å². The van der Waals surface area contributed by atoms with E-state index in [0.717, 1.165) is 17.9 Å². The van der Waals surface area contributed by atoms with Crippen LogP contribution in [0, 0.1) is 0 Å². The van der Waals surface area contributed by atoms with Gasteiger partial charge in [0, 0.05) is 12.6 Å². The van der Waals surface area contributed by atoms with E-state index >= 15 is 0 Å². The van der Waals surface area contributed by atoms with Crippen molar-refractivity contribution in [2.24, 2.45) is 4.99 Å². The first kappa shape index (κ1) is 17.8. The summed E-state index contributed by atoms with van der Waals surface area (Å²) in [6.07, 6.45) is 10.6. The van der Waals surface area contributed by atoms with Crippen molar-refractivity contribution in [1.29, 1.82) is 0 Å². The second-order valence-corrected chi connectivity index (χ2v) is 5.95. The summed E-state index contributed by atoms with van der Waals surface area (Å²) in [5.41, 5.74) is 1.18. The molecule has 0 heterocycles. The van der Waals surface area contributed by atoms with Crippen LogP contribution < -0.4 is 10.4 Å². The van der Waals surface area contributed by atoms with Crippen LogP contribution in [0.2, 0.25) is 0 Å². The van der Waals surface area contributed by atoms with Crippen LogP contribution in [-0.4, -0.2) is 12.1 Å². The molecule has 0 bridgehead atoms. The number of rotatable bonds is 7. The van der Waals surface area contributed by atoms with Crippen LogP contribution in [0.4, 0.5) is 0 Å². The third-order valence-corrected chi connectivity index (χ3v) is 4.11. The number of benzene rings is 1. The van der Waals surface area contributed by atoms with Gasteiger partial charge in [-0.1, -0.05) is 75.7 Å². The summed E-state index contributed by atoms with van der Waals surface area (Å²) in [7, 11) is 1.84. The molecule has 0 amide bonds. The van der Waals surface area contributed by atoms with Gasteiger partial charge in [0.05, 0.1) is 0 Å². The average Bonchev–Trinajstić information content (AvgIpc) is 2.51. The molecule has 1 aromatic rings. The minimum atomic E-state index is 1.03. The molecule has 0 spiro atoms. The molecule has 0 aliphatic carbocycles. The van der Waals surface area contributed by atoms with E-state index in [1.165, 1.54) is 35.3 Å². The lowest BCUT2D eigenvalue weighted by molar-refractivity contribution is 0.833. The maximum Gasteiger partial charge on any atom is 0.101 e. The highest BCUT2D eigenvalue weighted by Gasteiger charge is 2.01. The highest BCUT2D eigenvalue weighted by Crippen LogP contribution is 2.12. The van der Waals surface area contributed by atoms with Gasteiger partial charge in [0.2, 0.25) is 0 Å². The Kier molecular flexibility index (Phi) is 8.84. The van der Waals surface area contributed by atoms with Gasteiger partial charge in [0.15, 0.2) is 0 Å². The van der Waals surface area contributed by atoms with Crippen molar-refractivity contribution in [3.05, 3.63) is 46.2 Å².